The lowest BCUT2D eigenvalue weighted by molar-refractivity contribution is -0.603. The molecule has 0 saturated heterocycles. The molecule has 4 heteroatoms. The highest BCUT2D eigenvalue weighted by Gasteiger charge is 2.51. The predicted octanol–water partition coefficient (Wildman–Crippen LogP) is 0.469. The van der Waals surface area contributed by atoms with Crippen LogP contribution in [-0.2, 0) is 0 Å². The lowest BCUT2D eigenvalue weighted by atomic mass is 9.63. The van der Waals surface area contributed by atoms with Crippen molar-refractivity contribution in [2.45, 2.75) is 49.7 Å². The van der Waals surface area contributed by atoms with Crippen molar-refractivity contribution in [3.05, 3.63) is 10.1 Å². The zero-order valence-electron chi connectivity index (χ0n) is 6.91. The van der Waals surface area contributed by atoms with Gasteiger partial charge in [0.15, 0.2) is 0 Å². The number of nitro groups is 1. The summed E-state index contributed by atoms with van der Waals surface area (Å²) in [4.78, 5) is 10.6. The van der Waals surface area contributed by atoms with Gasteiger partial charge in [0.1, 0.15) is 0 Å². The van der Waals surface area contributed by atoms with Gasteiger partial charge in [-0.15, -0.1) is 5.60 Å². The van der Waals surface area contributed by atoms with Crippen LogP contribution in [0.25, 0.3) is 0 Å². The molecule has 0 heterocycles. The molecule has 0 aromatic rings. The highest BCUT2D eigenvalue weighted by molar-refractivity contribution is 4.99. The highest BCUT2D eigenvalue weighted by atomic mass is 16.6. The molecule has 0 aromatic carbocycles. The molecule has 3 fully saturated rings. The van der Waals surface area contributed by atoms with Crippen LogP contribution in [0, 0.1) is 10.1 Å². The molecular formula is C8H12NO3-. The molecular weight excluding hydrogens is 158 g/mol. The summed E-state index contributed by atoms with van der Waals surface area (Å²) in [5.41, 5.74) is -1.52. The zero-order valence-corrected chi connectivity index (χ0v) is 6.91. The summed E-state index contributed by atoms with van der Waals surface area (Å²) in [6.45, 7) is 0. The van der Waals surface area contributed by atoms with E-state index in [1.165, 1.54) is 0 Å². The van der Waals surface area contributed by atoms with Gasteiger partial charge in [0, 0.05) is 24.2 Å². The molecule has 0 aromatic heterocycles. The second-order valence-electron chi connectivity index (χ2n) is 4.16. The first kappa shape index (κ1) is 7.98. The molecule has 0 amide bonds. The minimum absolute atomic E-state index is 0.161. The van der Waals surface area contributed by atoms with Crippen LogP contribution in [0.1, 0.15) is 38.5 Å². The van der Waals surface area contributed by atoms with E-state index < -0.39 is 11.1 Å². The highest BCUT2D eigenvalue weighted by Crippen LogP contribution is 2.46. The number of rotatable bonds is 1. The largest absolute Gasteiger partial charge is 0.849 e. The van der Waals surface area contributed by atoms with Crippen molar-refractivity contribution < 1.29 is 10.0 Å². The molecule has 0 N–H and O–H groups in total. The van der Waals surface area contributed by atoms with Crippen molar-refractivity contribution in [3.8, 4) is 0 Å². The van der Waals surface area contributed by atoms with Gasteiger partial charge in [-0.05, 0) is 0 Å². The summed E-state index contributed by atoms with van der Waals surface area (Å²) >= 11 is 0. The molecule has 3 aliphatic rings. The van der Waals surface area contributed by atoms with Crippen molar-refractivity contribution >= 4 is 0 Å². The minimum atomic E-state index is -0.808. The van der Waals surface area contributed by atoms with Crippen LogP contribution in [0.15, 0.2) is 0 Å². The Morgan fingerprint density at radius 1 is 1.00 bits per heavy atom. The molecule has 2 bridgehead atoms. The van der Waals surface area contributed by atoms with Crippen molar-refractivity contribution in [1.29, 1.82) is 0 Å². The number of nitrogens with zero attached hydrogens (tertiary/aromatic N) is 1. The van der Waals surface area contributed by atoms with E-state index in [2.05, 4.69) is 0 Å². The summed E-state index contributed by atoms with van der Waals surface area (Å²) < 4.78 is 0. The van der Waals surface area contributed by atoms with Gasteiger partial charge in [0.25, 0.3) is 0 Å². The Bertz CT molecular complexity index is 202. The molecule has 0 aliphatic heterocycles. The fraction of sp³-hybridized carbons (Fsp3) is 1.00. The third-order valence-electron chi connectivity index (χ3n) is 3.53. The van der Waals surface area contributed by atoms with Crippen molar-refractivity contribution in [3.63, 3.8) is 0 Å². The van der Waals surface area contributed by atoms with Crippen LogP contribution in [0.2, 0.25) is 0 Å². The van der Waals surface area contributed by atoms with Crippen LogP contribution >= 0.6 is 0 Å². The van der Waals surface area contributed by atoms with Gasteiger partial charge < -0.3 is 5.11 Å². The first-order valence-corrected chi connectivity index (χ1v) is 4.41. The third kappa shape index (κ3) is 0.941. The summed E-state index contributed by atoms with van der Waals surface area (Å²) in [5.74, 6) is 0. The van der Waals surface area contributed by atoms with E-state index in [1.54, 1.807) is 0 Å². The Hall–Kier alpha value is -0.640. The third-order valence-corrected chi connectivity index (χ3v) is 3.53. The normalized spacial score (nSPS) is 46.1. The Kier molecular flexibility index (Phi) is 1.46. The van der Waals surface area contributed by atoms with Crippen molar-refractivity contribution in [2.24, 2.45) is 0 Å². The lowest BCUT2D eigenvalue weighted by Gasteiger charge is -2.53. The Balaban J connectivity index is 2.20. The Morgan fingerprint density at radius 2 is 1.42 bits per heavy atom. The molecule has 3 saturated carbocycles. The molecule has 3 rings (SSSR count). The van der Waals surface area contributed by atoms with Crippen LogP contribution in [0.4, 0.5) is 0 Å². The Labute approximate surface area is 70.7 Å². The second kappa shape index (κ2) is 2.19. The second-order valence-corrected chi connectivity index (χ2v) is 4.16. The van der Waals surface area contributed by atoms with Crippen molar-refractivity contribution in [1.82, 2.24) is 0 Å². The van der Waals surface area contributed by atoms with Crippen LogP contribution in [-0.4, -0.2) is 16.1 Å². The maximum Gasteiger partial charge on any atom is 0.222 e. The van der Waals surface area contributed by atoms with Crippen molar-refractivity contribution in [2.75, 3.05) is 0 Å². The molecule has 12 heavy (non-hydrogen) atoms. The van der Waals surface area contributed by atoms with Gasteiger partial charge in [-0.3, -0.25) is 10.1 Å². The van der Waals surface area contributed by atoms with E-state index in [-0.39, 0.29) is 4.92 Å². The van der Waals surface area contributed by atoms with Gasteiger partial charge >= 0.3 is 0 Å². The molecule has 0 unspecified atom stereocenters. The first-order valence-electron chi connectivity index (χ1n) is 4.41. The standard InChI is InChI=1S/C8H12NO3/c10-8-4-1-7(2-5-8,3-6-8)9(11)12/h1-6H2/q-1. The maximum atomic E-state index is 11.7. The summed E-state index contributed by atoms with van der Waals surface area (Å²) in [6, 6.07) is 0. The smallest absolute Gasteiger partial charge is 0.222 e. The number of fused-ring (bicyclic) bond motifs is 3. The predicted molar refractivity (Wildman–Crippen MR) is 40.2 cm³/mol. The molecule has 0 spiro atoms. The average Bonchev–Trinajstić information content (AvgIpc) is 2.06. The number of hydrogen-bond acceptors (Lipinski definition) is 3. The van der Waals surface area contributed by atoms with Gasteiger partial charge in [0.05, 0.1) is 0 Å². The molecule has 0 atom stereocenters. The molecule has 68 valence electrons. The summed E-state index contributed by atoms with van der Waals surface area (Å²) in [5, 5.41) is 22.4. The maximum absolute atomic E-state index is 11.7. The summed E-state index contributed by atoms with van der Waals surface area (Å²) in [7, 11) is 0. The topological polar surface area (TPSA) is 66.2 Å². The summed E-state index contributed by atoms with van der Waals surface area (Å²) in [6.07, 6.45) is 3.03. The van der Waals surface area contributed by atoms with E-state index in [9.17, 15) is 15.2 Å². The van der Waals surface area contributed by atoms with E-state index >= 15 is 0 Å². The fourth-order valence-electron chi connectivity index (χ4n) is 2.41. The average molecular weight is 170 g/mol. The van der Waals surface area contributed by atoms with E-state index in [0.29, 0.717) is 38.5 Å². The van der Waals surface area contributed by atoms with E-state index in [4.69, 9.17) is 0 Å². The van der Waals surface area contributed by atoms with Crippen LogP contribution < -0.4 is 5.11 Å². The van der Waals surface area contributed by atoms with Crippen LogP contribution in [0.5, 0.6) is 0 Å². The molecule has 4 nitrogen and oxygen atoms in total. The fourth-order valence-corrected chi connectivity index (χ4v) is 2.41. The Morgan fingerprint density at radius 3 is 1.75 bits per heavy atom. The van der Waals surface area contributed by atoms with Gasteiger partial charge in [0.2, 0.25) is 5.54 Å². The molecule has 0 radical (unpaired) electrons. The lowest BCUT2D eigenvalue weighted by Crippen LogP contribution is -2.59. The number of hydrogen-bond donors (Lipinski definition) is 0. The SMILES string of the molecule is O=[N+]([O-])C12CCC([O-])(CC1)CC2. The monoisotopic (exact) mass is 170 g/mol. The van der Waals surface area contributed by atoms with Gasteiger partial charge in [-0.2, -0.15) is 0 Å². The van der Waals surface area contributed by atoms with E-state index in [0.717, 1.165) is 0 Å². The quantitative estimate of drug-likeness (QED) is 0.424. The minimum Gasteiger partial charge on any atom is -0.849 e. The van der Waals surface area contributed by atoms with Crippen LogP contribution in [0.3, 0.4) is 0 Å². The first-order chi connectivity index (χ1) is 5.56. The molecule has 3 aliphatic carbocycles. The zero-order chi connectivity index (χ0) is 8.82. The van der Waals surface area contributed by atoms with Gasteiger partial charge in [-0.1, -0.05) is 19.3 Å². The van der Waals surface area contributed by atoms with Gasteiger partial charge in [-0.25, -0.2) is 0 Å². The van der Waals surface area contributed by atoms with E-state index in [1.807, 2.05) is 0 Å².